The zero-order chi connectivity index (χ0) is 9.26. The molecule has 1 aliphatic rings. The lowest BCUT2D eigenvalue weighted by Gasteiger charge is -2.18. The summed E-state index contributed by atoms with van der Waals surface area (Å²) in [4.78, 5) is 6.56. The van der Waals surface area contributed by atoms with Crippen LogP contribution in [0.15, 0.2) is 22.8 Å². The van der Waals surface area contributed by atoms with Gasteiger partial charge in [-0.3, -0.25) is 0 Å². The number of anilines is 1. The Morgan fingerprint density at radius 2 is 2.38 bits per heavy atom. The molecule has 70 valence electrons. The maximum absolute atomic E-state index is 4.34. The Bertz CT molecular complexity index is 297. The molecule has 0 N–H and O–H groups in total. The fraction of sp³-hybridized carbons (Fsp3) is 0.500. The van der Waals surface area contributed by atoms with Gasteiger partial charge in [-0.25, -0.2) is 4.98 Å². The fourth-order valence-electron chi connectivity index (χ4n) is 1.43. The van der Waals surface area contributed by atoms with E-state index in [1.54, 1.807) is 0 Å². The number of nitrogens with zero attached hydrogens (tertiary/aromatic N) is 2. The Balaban J connectivity index is 2.09. The van der Waals surface area contributed by atoms with Crippen LogP contribution >= 0.6 is 15.9 Å². The van der Waals surface area contributed by atoms with Gasteiger partial charge in [0.25, 0.3) is 0 Å². The number of hydrogen-bond acceptors (Lipinski definition) is 2. The molecule has 1 saturated carbocycles. The summed E-state index contributed by atoms with van der Waals surface area (Å²) in [6.07, 6.45) is 4.60. The fourth-order valence-corrected chi connectivity index (χ4v) is 1.99. The molecule has 1 aromatic rings. The molecular formula is C10H13BrN2. The summed E-state index contributed by atoms with van der Waals surface area (Å²) < 4.78 is 1.08. The van der Waals surface area contributed by atoms with E-state index in [-0.39, 0.29) is 0 Å². The van der Waals surface area contributed by atoms with Crippen LogP contribution in [0.4, 0.5) is 5.82 Å². The van der Waals surface area contributed by atoms with Crippen LogP contribution in [0.2, 0.25) is 0 Å². The van der Waals surface area contributed by atoms with Crippen molar-refractivity contribution in [2.45, 2.75) is 12.8 Å². The topological polar surface area (TPSA) is 16.1 Å². The lowest BCUT2D eigenvalue weighted by Crippen LogP contribution is -2.21. The van der Waals surface area contributed by atoms with Crippen molar-refractivity contribution in [2.75, 3.05) is 18.5 Å². The Labute approximate surface area is 87.1 Å². The largest absolute Gasteiger partial charge is 0.358 e. The highest BCUT2D eigenvalue weighted by Crippen LogP contribution is 2.31. The quantitative estimate of drug-likeness (QED) is 0.808. The van der Waals surface area contributed by atoms with Crippen molar-refractivity contribution in [3.05, 3.63) is 22.8 Å². The van der Waals surface area contributed by atoms with E-state index >= 15 is 0 Å². The van der Waals surface area contributed by atoms with E-state index in [1.807, 2.05) is 18.3 Å². The Kier molecular flexibility index (Phi) is 2.54. The van der Waals surface area contributed by atoms with E-state index in [4.69, 9.17) is 0 Å². The third-order valence-corrected chi connectivity index (χ3v) is 2.95. The predicted molar refractivity (Wildman–Crippen MR) is 57.9 cm³/mol. The monoisotopic (exact) mass is 240 g/mol. The SMILES string of the molecule is CN(CC1CC1)c1ncccc1Br. The number of pyridine rings is 1. The predicted octanol–water partition coefficient (Wildman–Crippen LogP) is 2.69. The first kappa shape index (κ1) is 9.00. The molecule has 0 saturated heterocycles. The summed E-state index contributed by atoms with van der Waals surface area (Å²) in [5.74, 6) is 1.95. The molecule has 0 amide bonds. The third kappa shape index (κ3) is 2.21. The van der Waals surface area contributed by atoms with Gasteiger partial charge in [-0.2, -0.15) is 0 Å². The van der Waals surface area contributed by atoms with Crippen LogP contribution in [0.3, 0.4) is 0 Å². The van der Waals surface area contributed by atoms with E-state index in [0.717, 1.165) is 22.8 Å². The summed E-state index contributed by atoms with van der Waals surface area (Å²) in [6.45, 7) is 1.13. The first-order chi connectivity index (χ1) is 6.27. The van der Waals surface area contributed by atoms with E-state index in [2.05, 4.69) is 32.9 Å². The van der Waals surface area contributed by atoms with Gasteiger partial charge in [0.1, 0.15) is 5.82 Å². The van der Waals surface area contributed by atoms with E-state index < -0.39 is 0 Å². The van der Waals surface area contributed by atoms with Crippen molar-refractivity contribution < 1.29 is 0 Å². The summed E-state index contributed by atoms with van der Waals surface area (Å²) in [6, 6.07) is 3.98. The molecule has 1 fully saturated rings. The van der Waals surface area contributed by atoms with Crippen molar-refractivity contribution in [2.24, 2.45) is 5.92 Å². The van der Waals surface area contributed by atoms with Crippen LogP contribution in [-0.4, -0.2) is 18.6 Å². The molecule has 2 nitrogen and oxygen atoms in total. The van der Waals surface area contributed by atoms with E-state index in [0.29, 0.717) is 0 Å². The maximum Gasteiger partial charge on any atom is 0.142 e. The van der Waals surface area contributed by atoms with Gasteiger partial charge in [0, 0.05) is 19.8 Å². The van der Waals surface area contributed by atoms with Crippen molar-refractivity contribution >= 4 is 21.7 Å². The normalized spacial score (nSPS) is 15.8. The minimum atomic E-state index is 0.902. The molecule has 2 rings (SSSR count). The highest BCUT2D eigenvalue weighted by atomic mass is 79.9. The zero-order valence-corrected chi connectivity index (χ0v) is 9.29. The van der Waals surface area contributed by atoms with Gasteiger partial charge >= 0.3 is 0 Å². The van der Waals surface area contributed by atoms with Gasteiger partial charge in [0.2, 0.25) is 0 Å². The maximum atomic E-state index is 4.34. The van der Waals surface area contributed by atoms with Crippen LogP contribution in [0.5, 0.6) is 0 Å². The Morgan fingerprint density at radius 3 is 3.00 bits per heavy atom. The molecular weight excluding hydrogens is 228 g/mol. The average molecular weight is 241 g/mol. The van der Waals surface area contributed by atoms with Gasteiger partial charge < -0.3 is 4.90 Å². The van der Waals surface area contributed by atoms with Crippen LogP contribution < -0.4 is 4.90 Å². The smallest absolute Gasteiger partial charge is 0.142 e. The zero-order valence-electron chi connectivity index (χ0n) is 7.70. The van der Waals surface area contributed by atoms with Crippen molar-refractivity contribution in [1.29, 1.82) is 0 Å². The third-order valence-electron chi connectivity index (χ3n) is 2.33. The van der Waals surface area contributed by atoms with E-state index in [1.165, 1.54) is 12.8 Å². The highest BCUT2D eigenvalue weighted by molar-refractivity contribution is 9.10. The molecule has 3 heteroatoms. The number of aromatic nitrogens is 1. The van der Waals surface area contributed by atoms with Gasteiger partial charge in [0.15, 0.2) is 0 Å². The first-order valence-corrected chi connectivity index (χ1v) is 5.38. The number of rotatable bonds is 3. The van der Waals surface area contributed by atoms with Crippen molar-refractivity contribution in [1.82, 2.24) is 4.98 Å². The molecule has 1 aliphatic carbocycles. The second-order valence-corrected chi connectivity index (χ2v) is 4.49. The number of hydrogen-bond donors (Lipinski definition) is 0. The Hall–Kier alpha value is -0.570. The number of halogens is 1. The van der Waals surface area contributed by atoms with Gasteiger partial charge in [-0.15, -0.1) is 0 Å². The lowest BCUT2D eigenvalue weighted by molar-refractivity contribution is 0.776. The van der Waals surface area contributed by atoms with Crippen LogP contribution in [-0.2, 0) is 0 Å². The van der Waals surface area contributed by atoms with Crippen LogP contribution in [0.25, 0.3) is 0 Å². The van der Waals surface area contributed by atoms with Crippen molar-refractivity contribution in [3.63, 3.8) is 0 Å². The summed E-state index contributed by atoms with van der Waals surface area (Å²) in [5.41, 5.74) is 0. The van der Waals surface area contributed by atoms with Crippen LogP contribution in [0.1, 0.15) is 12.8 Å². The molecule has 0 atom stereocenters. The lowest BCUT2D eigenvalue weighted by atomic mass is 10.3. The van der Waals surface area contributed by atoms with Gasteiger partial charge in [0.05, 0.1) is 4.47 Å². The molecule has 0 radical (unpaired) electrons. The molecule has 0 bridgehead atoms. The molecule has 13 heavy (non-hydrogen) atoms. The van der Waals surface area contributed by atoms with Gasteiger partial charge in [-0.1, -0.05) is 0 Å². The molecule has 0 spiro atoms. The molecule has 0 aliphatic heterocycles. The van der Waals surface area contributed by atoms with E-state index in [9.17, 15) is 0 Å². The second kappa shape index (κ2) is 3.66. The standard InChI is InChI=1S/C10H13BrN2/c1-13(7-8-4-5-8)10-9(11)3-2-6-12-10/h2-3,6,8H,4-5,7H2,1H3. The second-order valence-electron chi connectivity index (χ2n) is 3.63. The summed E-state index contributed by atoms with van der Waals surface area (Å²) in [5, 5.41) is 0. The summed E-state index contributed by atoms with van der Waals surface area (Å²) >= 11 is 3.50. The minimum absolute atomic E-state index is 0.902. The van der Waals surface area contributed by atoms with Crippen molar-refractivity contribution in [3.8, 4) is 0 Å². The molecule has 0 unspecified atom stereocenters. The Morgan fingerprint density at radius 1 is 1.62 bits per heavy atom. The van der Waals surface area contributed by atoms with Gasteiger partial charge in [-0.05, 0) is 46.8 Å². The highest BCUT2D eigenvalue weighted by Gasteiger charge is 2.23. The minimum Gasteiger partial charge on any atom is -0.358 e. The average Bonchev–Trinajstić information content (AvgIpc) is 2.89. The first-order valence-electron chi connectivity index (χ1n) is 4.59. The molecule has 1 aromatic heterocycles. The molecule has 0 aromatic carbocycles. The van der Waals surface area contributed by atoms with Crippen LogP contribution in [0, 0.1) is 5.92 Å². The summed E-state index contributed by atoms with van der Waals surface area (Å²) in [7, 11) is 2.10. The molecule has 1 heterocycles.